The number of carbonyl (C=O) groups is 1. The Labute approximate surface area is 136 Å². The normalized spacial score (nSPS) is 19.0. The van der Waals surface area contributed by atoms with E-state index in [1.165, 1.54) is 10.9 Å². The summed E-state index contributed by atoms with van der Waals surface area (Å²) in [5.41, 5.74) is 0.207. The topological polar surface area (TPSA) is 20.3 Å². The molecular weight excluding hydrogens is 324 g/mol. The highest BCUT2D eigenvalue weighted by molar-refractivity contribution is 7.99. The summed E-state index contributed by atoms with van der Waals surface area (Å²) in [6.45, 7) is 1.26. The average Bonchev–Trinajstić information content (AvgIpc) is 2.94. The van der Waals surface area contributed by atoms with Crippen LogP contribution in [0, 0.1) is 11.6 Å². The molecule has 1 aliphatic rings. The highest BCUT2D eigenvalue weighted by Gasteiger charge is 2.23. The molecule has 1 atom stereocenters. The van der Waals surface area contributed by atoms with E-state index < -0.39 is 11.6 Å². The Balaban J connectivity index is 1.70. The maximum atomic E-state index is 13.3. The van der Waals surface area contributed by atoms with Crippen LogP contribution in [0.1, 0.15) is 26.9 Å². The van der Waals surface area contributed by atoms with Gasteiger partial charge in [-0.15, -0.1) is 11.3 Å². The zero-order chi connectivity index (χ0) is 15.5. The van der Waals surface area contributed by atoms with Crippen LogP contribution in [0.15, 0.2) is 35.7 Å². The van der Waals surface area contributed by atoms with E-state index in [2.05, 4.69) is 11.4 Å². The number of carbonyl (C=O) groups excluding carboxylic acids is 1. The molecule has 116 valence electrons. The van der Waals surface area contributed by atoms with Crippen LogP contribution in [0.3, 0.4) is 0 Å². The first-order valence-electron chi connectivity index (χ1n) is 7.04. The SMILES string of the molecule is O=C(c1ccc(F)c(F)c1)N1CCS[C@H](c2cccs2)CC1. The molecule has 22 heavy (non-hydrogen) atoms. The first-order chi connectivity index (χ1) is 10.6. The van der Waals surface area contributed by atoms with E-state index in [4.69, 9.17) is 0 Å². The number of benzene rings is 1. The largest absolute Gasteiger partial charge is 0.338 e. The molecule has 2 aromatic rings. The molecule has 0 radical (unpaired) electrons. The van der Waals surface area contributed by atoms with Gasteiger partial charge >= 0.3 is 0 Å². The molecule has 1 aliphatic heterocycles. The van der Waals surface area contributed by atoms with E-state index in [0.29, 0.717) is 18.3 Å². The van der Waals surface area contributed by atoms with Crippen molar-refractivity contribution in [2.24, 2.45) is 0 Å². The third-order valence-corrected chi connectivity index (χ3v) is 6.10. The van der Waals surface area contributed by atoms with Crippen molar-refractivity contribution in [2.45, 2.75) is 11.7 Å². The molecule has 2 nitrogen and oxygen atoms in total. The lowest BCUT2D eigenvalue weighted by molar-refractivity contribution is 0.0766. The standard InChI is InChI=1S/C16H15F2NOS2/c17-12-4-3-11(10-13(12)18)16(20)19-6-5-15(22-9-7-19)14-2-1-8-21-14/h1-4,8,10,15H,5-7,9H2/t15-/m0/s1. The quantitative estimate of drug-likeness (QED) is 0.811. The summed E-state index contributed by atoms with van der Waals surface area (Å²) in [7, 11) is 0. The first-order valence-corrected chi connectivity index (χ1v) is 8.97. The number of hydrogen-bond acceptors (Lipinski definition) is 3. The maximum absolute atomic E-state index is 13.3. The van der Waals surface area contributed by atoms with Crippen molar-refractivity contribution in [3.8, 4) is 0 Å². The molecule has 0 bridgehead atoms. The summed E-state index contributed by atoms with van der Waals surface area (Å²) in [4.78, 5) is 15.5. The zero-order valence-electron chi connectivity index (χ0n) is 11.8. The van der Waals surface area contributed by atoms with E-state index in [9.17, 15) is 13.6 Å². The fourth-order valence-corrected chi connectivity index (χ4v) is 4.72. The first kappa shape index (κ1) is 15.5. The lowest BCUT2D eigenvalue weighted by atomic mass is 10.1. The van der Waals surface area contributed by atoms with Gasteiger partial charge in [0.2, 0.25) is 0 Å². The van der Waals surface area contributed by atoms with Gasteiger partial charge in [-0.2, -0.15) is 11.8 Å². The Morgan fingerprint density at radius 2 is 2.05 bits per heavy atom. The van der Waals surface area contributed by atoms with E-state index >= 15 is 0 Å². The van der Waals surface area contributed by atoms with E-state index in [0.717, 1.165) is 24.3 Å². The number of nitrogens with zero attached hydrogens (tertiary/aromatic N) is 1. The van der Waals surface area contributed by atoms with Crippen LogP contribution in [0.5, 0.6) is 0 Å². The Kier molecular flexibility index (Phi) is 4.78. The van der Waals surface area contributed by atoms with Gasteiger partial charge in [0.25, 0.3) is 5.91 Å². The molecule has 1 aromatic carbocycles. The molecule has 2 heterocycles. The second kappa shape index (κ2) is 6.79. The minimum absolute atomic E-state index is 0.207. The van der Waals surface area contributed by atoms with Gasteiger partial charge in [-0.1, -0.05) is 6.07 Å². The third kappa shape index (κ3) is 3.33. The summed E-state index contributed by atoms with van der Waals surface area (Å²) >= 11 is 3.58. The number of halogens is 2. The number of rotatable bonds is 2. The fraction of sp³-hybridized carbons (Fsp3) is 0.312. The van der Waals surface area contributed by atoms with Gasteiger partial charge in [0.05, 0.1) is 0 Å². The van der Waals surface area contributed by atoms with Crippen LogP contribution >= 0.6 is 23.1 Å². The van der Waals surface area contributed by atoms with Gasteiger partial charge in [-0.25, -0.2) is 8.78 Å². The van der Waals surface area contributed by atoms with Crippen molar-refractivity contribution in [3.63, 3.8) is 0 Å². The van der Waals surface area contributed by atoms with Gasteiger partial charge in [0.15, 0.2) is 11.6 Å². The molecule has 6 heteroatoms. The average molecular weight is 339 g/mol. The van der Waals surface area contributed by atoms with Gasteiger partial charge in [0, 0.05) is 34.5 Å². The Hall–Kier alpha value is -1.40. The van der Waals surface area contributed by atoms with E-state index in [1.54, 1.807) is 16.2 Å². The molecule has 1 amide bonds. The minimum atomic E-state index is -0.980. The Bertz CT molecular complexity index is 660. The monoisotopic (exact) mass is 339 g/mol. The molecule has 0 spiro atoms. The fourth-order valence-electron chi connectivity index (χ4n) is 2.49. The number of hydrogen-bond donors (Lipinski definition) is 0. The molecule has 1 saturated heterocycles. The molecule has 1 fully saturated rings. The number of thiophene rings is 1. The van der Waals surface area contributed by atoms with Crippen LogP contribution in [-0.2, 0) is 0 Å². The highest BCUT2D eigenvalue weighted by atomic mass is 32.2. The summed E-state index contributed by atoms with van der Waals surface area (Å²) in [5, 5.41) is 2.47. The van der Waals surface area contributed by atoms with E-state index in [-0.39, 0.29) is 11.5 Å². The number of thioether (sulfide) groups is 1. The predicted molar refractivity (Wildman–Crippen MR) is 86.4 cm³/mol. The van der Waals surface area contributed by atoms with E-state index in [1.807, 2.05) is 17.8 Å². The summed E-state index contributed by atoms with van der Waals surface area (Å²) in [6.07, 6.45) is 0.876. The maximum Gasteiger partial charge on any atom is 0.253 e. The lowest BCUT2D eigenvalue weighted by Gasteiger charge is -2.20. The zero-order valence-corrected chi connectivity index (χ0v) is 13.4. The van der Waals surface area contributed by atoms with Crippen molar-refractivity contribution in [2.75, 3.05) is 18.8 Å². The van der Waals surface area contributed by atoms with Gasteiger partial charge in [0.1, 0.15) is 0 Å². The molecule has 0 unspecified atom stereocenters. The van der Waals surface area contributed by atoms with Crippen molar-refractivity contribution in [1.82, 2.24) is 4.90 Å². The van der Waals surface area contributed by atoms with Crippen molar-refractivity contribution in [1.29, 1.82) is 0 Å². The van der Waals surface area contributed by atoms with Gasteiger partial charge < -0.3 is 4.90 Å². The van der Waals surface area contributed by atoms with Crippen LogP contribution in [0.25, 0.3) is 0 Å². The van der Waals surface area contributed by atoms with Crippen molar-refractivity contribution >= 4 is 29.0 Å². The van der Waals surface area contributed by atoms with Crippen LogP contribution in [0.4, 0.5) is 8.78 Å². The summed E-state index contributed by atoms with van der Waals surface area (Å²) in [5.74, 6) is -1.29. The van der Waals surface area contributed by atoms with Gasteiger partial charge in [-0.05, 0) is 36.1 Å². The Morgan fingerprint density at radius 1 is 1.18 bits per heavy atom. The molecule has 0 N–H and O–H groups in total. The molecular formula is C16H15F2NOS2. The minimum Gasteiger partial charge on any atom is -0.338 e. The van der Waals surface area contributed by atoms with Gasteiger partial charge in [-0.3, -0.25) is 4.79 Å². The second-order valence-electron chi connectivity index (χ2n) is 5.08. The Morgan fingerprint density at radius 3 is 2.77 bits per heavy atom. The lowest BCUT2D eigenvalue weighted by Crippen LogP contribution is -2.33. The van der Waals surface area contributed by atoms with Crippen LogP contribution in [-0.4, -0.2) is 29.6 Å². The number of amides is 1. The second-order valence-corrected chi connectivity index (χ2v) is 7.37. The highest BCUT2D eigenvalue weighted by Crippen LogP contribution is 2.36. The summed E-state index contributed by atoms with van der Waals surface area (Å²) < 4.78 is 26.3. The molecule has 0 aliphatic carbocycles. The predicted octanol–water partition coefficient (Wildman–Crippen LogP) is 4.35. The van der Waals surface area contributed by atoms with Crippen molar-refractivity contribution in [3.05, 3.63) is 57.8 Å². The molecule has 3 rings (SSSR count). The molecule has 0 saturated carbocycles. The third-order valence-electron chi connectivity index (χ3n) is 3.66. The smallest absolute Gasteiger partial charge is 0.253 e. The van der Waals surface area contributed by atoms with Crippen LogP contribution < -0.4 is 0 Å². The van der Waals surface area contributed by atoms with Crippen LogP contribution in [0.2, 0.25) is 0 Å². The van der Waals surface area contributed by atoms with Crippen molar-refractivity contribution < 1.29 is 13.6 Å². The molecule has 1 aromatic heterocycles. The summed E-state index contributed by atoms with van der Waals surface area (Å²) in [6, 6.07) is 7.48.